The van der Waals surface area contributed by atoms with Crippen molar-refractivity contribution in [1.82, 2.24) is 4.90 Å². The predicted octanol–water partition coefficient (Wildman–Crippen LogP) is 4.44. The normalized spacial score (nSPS) is 12.5. The molecule has 0 aliphatic rings. The molecular weight excluding hydrogens is 364 g/mol. The molecule has 0 aliphatic carbocycles. The van der Waals surface area contributed by atoms with Crippen LogP contribution in [-0.4, -0.2) is 34.8 Å². The minimum atomic E-state index is -0.854. The first-order chi connectivity index (χ1) is 12.7. The van der Waals surface area contributed by atoms with Gasteiger partial charge in [0.25, 0.3) is 0 Å². The van der Waals surface area contributed by atoms with Gasteiger partial charge in [-0.1, -0.05) is 35.9 Å². The minimum absolute atomic E-state index is 0.116. The number of halogens is 1. The van der Waals surface area contributed by atoms with E-state index in [9.17, 15) is 9.90 Å². The largest absolute Gasteiger partial charge is 0.449 e. The zero-order chi connectivity index (χ0) is 20.0. The number of ether oxygens (including phenoxy) is 1. The van der Waals surface area contributed by atoms with Crippen LogP contribution in [0.4, 0.5) is 10.5 Å². The van der Waals surface area contributed by atoms with E-state index in [0.717, 1.165) is 5.56 Å². The molecule has 1 amide bonds. The molecule has 1 atom stereocenters. The number of nitrogen functional groups attached to an aromatic ring is 1. The van der Waals surface area contributed by atoms with Gasteiger partial charge in [-0.3, -0.25) is 0 Å². The summed E-state index contributed by atoms with van der Waals surface area (Å²) < 4.78 is 5.44. The van der Waals surface area contributed by atoms with Gasteiger partial charge in [-0.2, -0.15) is 0 Å². The fraction of sp³-hybridized carbons (Fsp3) is 0.381. The van der Waals surface area contributed by atoms with Gasteiger partial charge in [0, 0.05) is 22.7 Å². The number of rotatable bonds is 6. The lowest BCUT2D eigenvalue weighted by molar-refractivity contribution is 0.0368. The van der Waals surface area contributed by atoms with E-state index in [1.807, 2.05) is 45.0 Å². The Balaban J connectivity index is 1.98. The molecule has 0 aliphatic heterocycles. The number of carbonyl (C=O) groups excluding carboxylic acids is 1. The van der Waals surface area contributed by atoms with Crippen LogP contribution in [0, 0.1) is 0 Å². The molecule has 0 fully saturated rings. The first-order valence-corrected chi connectivity index (χ1v) is 9.27. The van der Waals surface area contributed by atoms with E-state index in [-0.39, 0.29) is 13.2 Å². The van der Waals surface area contributed by atoms with Crippen LogP contribution in [0.15, 0.2) is 48.5 Å². The number of benzene rings is 2. The summed E-state index contributed by atoms with van der Waals surface area (Å²) in [6.07, 6.45) is -0.715. The van der Waals surface area contributed by atoms with Crippen LogP contribution in [0.2, 0.25) is 5.02 Å². The third kappa shape index (κ3) is 6.45. The van der Waals surface area contributed by atoms with Crippen molar-refractivity contribution < 1.29 is 14.6 Å². The van der Waals surface area contributed by atoms with Crippen LogP contribution >= 0.6 is 11.6 Å². The maximum atomic E-state index is 12.6. The van der Waals surface area contributed by atoms with Gasteiger partial charge in [0.1, 0.15) is 0 Å². The smallest absolute Gasteiger partial charge is 0.410 e. The molecule has 0 saturated carbocycles. The molecule has 146 valence electrons. The molecule has 5 nitrogen and oxygen atoms in total. The average molecular weight is 391 g/mol. The van der Waals surface area contributed by atoms with Gasteiger partial charge >= 0.3 is 6.09 Å². The first kappa shape index (κ1) is 21.1. The SMILES string of the molecule is CC(C)(C)N(CC(O)c1cccc(Cl)c1)C(=O)OCCc1ccc(N)cc1. The molecule has 2 aromatic carbocycles. The molecule has 0 spiro atoms. The first-order valence-electron chi connectivity index (χ1n) is 8.89. The van der Waals surface area contributed by atoms with E-state index in [2.05, 4.69) is 0 Å². The van der Waals surface area contributed by atoms with Crippen molar-refractivity contribution in [2.24, 2.45) is 0 Å². The Labute approximate surface area is 165 Å². The van der Waals surface area contributed by atoms with Crippen molar-refractivity contribution in [2.75, 3.05) is 18.9 Å². The summed E-state index contributed by atoms with van der Waals surface area (Å²) in [4.78, 5) is 14.1. The monoisotopic (exact) mass is 390 g/mol. The van der Waals surface area contributed by atoms with Gasteiger partial charge < -0.3 is 20.5 Å². The number of anilines is 1. The molecule has 0 bridgehead atoms. The quantitative estimate of drug-likeness (QED) is 0.715. The van der Waals surface area contributed by atoms with Gasteiger partial charge in [0.2, 0.25) is 0 Å². The summed E-state index contributed by atoms with van der Waals surface area (Å²) in [5.74, 6) is 0. The van der Waals surface area contributed by atoms with Crippen molar-refractivity contribution in [3.63, 3.8) is 0 Å². The van der Waals surface area contributed by atoms with E-state index in [0.29, 0.717) is 22.7 Å². The Morgan fingerprint density at radius 2 is 1.89 bits per heavy atom. The summed E-state index contributed by atoms with van der Waals surface area (Å²) >= 11 is 5.99. The highest BCUT2D eigenvalue weighted by Crippen LogP contribution is 2.23. The second-order valence-corrected chi connectivity index (χ2v) is 7.89. The van der Waals surface area contributed by atoms with Crippen molar-refractivity contribution in [3.05, 3.63) is 64.7 Å². The highest BCUT2D eigenvalue weighted by molar-refractivity contribution is 6.30. The minimum Gasteiger partial charge on any atom is -0.449 e. The standard InChI is InChI=1S/C21H27ClN2O3/c1-21(2,3)24(14-19(25)16-5-4-6-17(22)13-16)20(26)27-12-11-15-7-9-18(23)10-8-15/h4-10,13,19,25H,11-12,14,23H2,1-3H3. The van der Waals surface area contributed by atoms with Gasteiger partial charge in [-0.25, -0.2) is 4.79 Å². The Kier molecular flexibility index (Phi) is 7.11. The third-order valence-electron chi connectivity index (χ3n) is 4.22. The molecule has 0 radical (unpaired) electrons. The number of carbonyl (C=O) groups is 1. The molecule has 2 rings (SSSR count). The van der Waals surface area contributed by atoms with Crippen LogP contribution < -0.4 is 5.73 Å². The maximum Gasteiger partial charge on any atom is 0.410 e. The molecule has 3 N–H and O–H groups in total. The van der Waals surface area contributed by atoms with Crippen LogP contribution in [0.3, 0.4) is 0 Å². The molecule has 1 unspecified atom stereocenters. The van der Waals surface area contributed by atoms with E-state index in [4.69, 9.17) is 22.1 Å². The lowest BCUT2D eigenvalue weighted by atomic mass is 10.0. The fourth-order valence-electron chi connectivity index (χ4n) is 2.63. The van der Waals surface area contributed by atoms with Gasteiger partial charge in [0.05, 0.1) is 19.3 Å². The molecule has 2 aromatic rings. The molecule has 6 heteroatoms. The van der Waals surface area contributed by atoms with Crippen LogP contribution in [-0.2, 0) is 11.2 Å². The lowest BCUT2D eigenvalue weighted by Crippen LogP contribution is -2.48. The summed E-state index contributed by atoms with van der Waals surface area (Å²) in [7, 11) is 0. The van der Waals surface area contributed by atoms with Crippen LogP contribution in [0.5, 0.6) is 0 Å². The number of hydrogen-bond acceptors (Lipinski definition) is 4. The van der Waals surface area contributed by atoms with Gasteiger partial charge in [-0.05, 0) is 56.2 Å². The Bertz CT molecular complexity index is 757. The Morgan fingerprint density at radius 1 is 1.22 bits per heavy atom. The zero-order valence-corrected chi connectivity index (χ0v) is 16.7. The highest BCUT2D eigenvalue weighted by atomic mass is 35.5. The van der Waals surface area contributed by atoms with Crippen molar-refractivity contribution in [2.45, 2.75) is 38.8 Å². The zero-order valence-electron chi connectivity index (χ0n) is 16.0. The number of aliphatic hydroxyl groups excluding tert-OH is 1. The number of nitrogens with zero attached hydrogens (tertiary/aromatic N) is 1. The fourth-order valence-corrected chi connectivity index (χ4v) is 2.83. The highest BCUT2D eigenvalue weighted by Gasteiger charge is 2.30. The number of aliphatic hydroxyl groups is 1. The van der Waals surface area contributed by atoms with Gasteiger partial charge in [0.15, 0.2) is 0 Å². The van der Waals surface area contributed by atoms with Crippen LogP contribution in [0.25, 0.3) is 0 Å². The topological polar surface area (TPSA) is 75.8 Å². The summed E-state index contributed by atoms with van der Waals surface area (Å²) in [5, 5.41) is 11.1. The summed E-state index contributed by atoms with van der Waals surface area (Å²) in [6.45, 7) is 6.07. The predicted molar refractivity (Wildman–Crippen MR) is 109 cm³/mol. The Morgan fingerprint density at radius 3 is 2.48 bits per heavy atom. The van der Waals surface area contributed by atoms with Crippen molar-refractivity contribution in [1.29, 1.82) is 0 Å². The number of amides is 1. The number of nitrogens with two attached hydrogens (primary N) is 1. The second-order valence-electron chi connectivity index (χ2n) is 7.46. The van der Waals surface area contributed by atoms with Crippen LogP contribution in [0.1, 0.15) is 38.0 Å². The summed E-state index contributed by atoms with van der Waals surface area (Å²) in [6, 6.07) is 14.4. The number of hydrogen-bond donors (Lipinski definition) is 2. The second kappa shape index (κ2) is 9.11. The van der Waals surface area contributed by atoms with E-state index >= 15 is 0 Å². The third-order valence-corrected chi connectivity index (χ3v) is 4.45. The Hall–Kier alpha value is -2.24. The lowest BCUT2D eigenvalue weighted by Gasteiger charge is -2.36. The number of β-amino-alcohol motifs (C(OH)–C–C–N with tert-alkyl or cyclic N) is 1. The molecule has 0 aromatic heterocycles. The molecule has 27 heavy (non-hydrogen) atoms. The van der Waals surface area contributed by atoms with Crippen molar-refractivity contribution in [3.8, 4) is 0 Å². The molecule has 0 saturated heterocycles. The average Bonchev–Trinajstić information content (AvgIpc) is 2.60. The van der Waals surface area contributed by atoms with E-state index < -0.39 is 17.7 Å². The van der Waals surface area contributed by atoms with E-state index in [1.165, 1.54) is 4.90 Å². The molecular formula is C21H27ClN2O3. The maximum absolute atomic E-state index is 12.6. The van der Waals surface area contributed by atoms with Gasteiger partial charge in [-0.15, -0.1) is 0 Å². The summed E-state index contributed by atoms with van der Waals surface area (Å²) in [5.41, 5.74) is 7.57. The van der Waals surface area contributed by atoms with E-state index in [1.54, 1.807) is 24.3 Å². The molecule has 0 heterocycles. The van der Waals surface area contributed by atoms with Crippen molar-refractivity contribution >= 4 is 23.4 Å².